The first kappa shape index (κ1) is 42.3. The number of nitrogens with one attached hydrogen (secondary N) is 1. The lowest BCUT2D eigenvalue weighted by molar-refractivity contribution is -0.144. The van der Waals surface area contributed by atoms with Crippen molar-refractivity contribution in [3.63, 3.8) is 0 Å². The molecule has 4 aromatic rings. The number of Topliss-reactive ketones (excluding diaryl/α,β-unsaturated/α-hetero) is 2. The normalized spacial score (nSPS) is 17.6. The van der Waals surface area contributed by atoms with Gasteiger partial charge in [0.15, 0.2) is 11.6 Å². The maximum Gasteiger partial charge on any atom is 0.326 e. The Morgan fingerprint density at radius 1 is 0.842 bits per heavy atom. The van der Waals surface area contributed by atoms with Crippen molar-refractivity contribution in [2.24, 2.45) is 17.6 Å². The molecule has 2 amide bonds. The number of nitrogens with zero attached hydrogens (tertiary/aromatic N) is 1. The number of aliphatic carboxylic acids is 1. The van der Waals surface area contributed by atoms with E-state index in [-0.39, 0.29) is 47.7 Å². The lowest BCUT2D eigenvalue weighted by atomic mass is 9.88. The Morgan fingerprint density at radius 3 is 2.11 bits per heavy atom. The molecule has 4 bridgehead atoms. The number of rotatable bonds is 14. The molecule has 0 aliphatic carbocycles. The van der Waals surface area contributed by atoms with Gasteiger partial charge in [-0.2, -0.15) is 0 Å². The van der Waals surface area contributed by atoms with Crippen molar-refractivity contribution in [3.05, 3.63) is 107 Å². The number of hydrogen-bond donors (Lipinski definition) is 5. The predicted octanol–water partition coefficient (Wildman–Crippen LogP) is 7.01. The van der Waals surface area contributed by atoms with Gasteiger partial charge in [0.1, 0.15) is 23.6 Å². The quantitative estimate of drug-likeness (QED) is 0.0663. The van der Waals surface area contributed by atoms with Crippen LogP contribution in [-0.4, -0.2) is 69.2 Å². The van der Waals surface area contributed by atoms with Gasteiger partial charge in [-0.15, -0.1) is 0 Å². The number of aromatic hydroxyl groups is 2. The second-order valence-electron chi connectivity index (χ2n) is 15.1. The van der Waals surface area contributed by atoms with Crippen LogP contribution in [0.3, 0.4) is 0 Å². The van der Waals surface area contributed by atoms with Gasteiger partial charge in [-0.05, 0) is 84.3 Å². The molecular weight excluding hydrogens is 723 g/mol. The Kier molecular flexibility index (Phi) is 14.4. The molecule has 1 aliphatic heterocycles. The monoisotopic (exact) mass is 775 g/mol. The van der Waals surface area contributed by atoms with Crippen LogP contribution in [0.15, 0.2) is 84.9 Å². The number of phenolic OH excluding ortho intramolecular Hbond substituents is 2. The fourth-order valence-electron chi connectivity index (χ4n) is 7.44. The first-order valence-corrected chi connectivity index (χ1v) is 19.7. The van der Waals surface area contributed by atoms with Crippen molar-refractivity contribution >= 4 is 29.4 Å². The highest BCUT2D eigenvalue weighted by Crippen LogP contribution is 2.39. The number of nitrogens with two attached hydrogens (primary N) is 1. The molecule has 0 saturated carbocycles. The van der Waals surface area contributed by atoms with Gasteiger partial charge in [0, 0.05) is 54.8 Å². The molecule has 57 heavy (non-hydrogen) atoms. The standard InChI is InChI=1S/C46H53N3O8/c1-4-5-8-29-10-13-31(14-11-29)32-15-17-33(18-16-32)41(52)27-35(9-6-7-22-47)45(55)49(3)43-34-19-21-40(51)37(26-34)36-24-30(12-20-39(36)50)25-38(46(56)57)48-44(54)28(2)23-42(43)53/h10-21,24,26,28,35,38,43,50-51H,4-9,22-23,25,27,47H2,1-3H3,(H,48,54)(H,56,57)/t28-,35-,38+,43+/m1/s1. The fraction of sp³-hybridized carbons (Fsp3) is 0.370. The summed E-state index contributed by atoms with van der Waals surface area (Å²) in [6, 6.07) is 21.9. The number of carbonyl (C=O) groups is 5. The van der Waals surface area contributed by atoms with Crippen LogP contribution in [0.2, 0.25) is 0 Å². The summed E-state index contributed by atoms with van der Waals surface area (Å²) in [6.45, 7) is 4.08. The average Bonchev–Trinajstić information content (AvgIpc) is 3.20. The zero-order chi connectivity index (χ0) is 41.2. The van der Waals surface area contributed by atoms with Crippen LogP contribution in [0.1, 0.15) is 91.9 Å². The second kappa shape index (κ2) is 19.4. The molecule has 1 aliphatic rings. The van der Waals surface area contributed by atoms with Gasteiger partial charge in [0.2, 0.25) is 11.8 Å². The van der Waals surface area contributed by atoms with E-state index in [2.05, 4.69) is 36.5 Å². The number of unbranched alkanes of at least 4 members (excludes halogenated alkanes) is 2. The molecule has 5 rings (SSSR count). The predicted molar refractivity (Wildman–Crippen MR) is 219 cm³/mol. The number of amides is 2. The number of carboxylic acid groups (broad SMARTS) is 1. The van der Waals surface area contributed by atoms with E-state index in [1.165, 1.54) is 60.8 Å². The van der Waals surface area contributed by atoms with Gasteiger partial charge in [0.05, 0.1) is 0 Å². The summed E-state index contributed by atoms with van der Waals surface area (Å²) in [4.78, 5) is 69.4. The molecule has 0 fully saturated rings. The van der Waals surface area contributed by atoms with Crippen molar-refractivity contribution in [2.75, 3.05) is 13.6 Å². The van der Waals surface area contributed by atoms with Crippen LogP contribution in [-0.2, 0) is 32.0 Å². The zero-order valence-corrected chi connectivity index (χ0v) is 32.9. The van der Waals surface area contributed by atoms with E-state index in [1.807, 2.05) is 12.1 Å². The van der Waals surface area contributed by atoms with Crippen LogP contribution >= 0.6 is 0 Å². The maximum atomic E-state index is 14.5. The van der Waals surface area contributed by atoms with E-state index >= 15 is 0 Å². The molecule has 11 heteroatoms. The number of carbonyl (C=O) groups excluding carboxylic acids is 4. The van der Waals surface area contributed by atoms with Crippen molar-refractivity contribution in [1.82, 2.24) is 10.2 Å². The van der Waals surface area contributed by atoms with E-state index < -0.39 is 47.5 Å². The highest BCUT2D eigenvalue weighted by molar-refractivity contribution is 6.00. The molecule has 0 unspecified atom stereocenters. The molecule has 1 heterocycles. The molecule has 300 valence electrons. The minimum absolute atomic E-state index is 0.114. The number of fused-ring (bicyclic) bond motifs is 5. The van der Waals surface area contributed by atoms with Gasteiger partial charge in [-0.1, -0.05) is 87.4 Å². The van der Waals surface area contributed by atoms with E-state index in [1.54, 1.807) is 12.1 Å². The van der Waals surface area contributed by atoms with Crippen LogP contribution in [0.5, 0.6) is 11.5 Å². The lowest BCUT2D eigenvalue weighted by Gasteiger charge is -2.32. The van der Waals surface area contributed by atoms with Crippen LogP contribution in [0, 0.1) is 11.8 Å². The number of hydrogen-bond acceptors (Lipinski definition) is 8. The Labute approximate surface area is 333 Å². The Bertz CT molecular complexity index is 2080. The minimum atomic E-state index is -1.33. The minimum Gasteiger partial charge on any atom is -0.507 e. The van der Waals surface area contributed by atoms with Crippen LogP contribution in [0.25, 0.3) is 22.3 Å². The van der Waals surface area contributed by atoms with Gasteiger partial charge in [-0.3, -0.25) is 19.2 Å². The molecular formula is C46H53N3O8. The summed E-state index contributed by atoms with van der Waals surface area (Å²) < 4.78 is 0. The molecule has 11 nitrogen and oxygen atoms in total. The van der Waals surface area contributed by atoms with E-state index in [0.29, 0.717) is 42.5 Å². The molecule has 0 saturated heterocycles. The Morgan fingerprint density at radius 2 is 1.47 bits per heavy atom. The Balaban J connectivity index is 1.46. The highest BCUT2D eigenvalue weighted by atomic mass is 16.4. The number of carboxylic acids is 1. The summed E-state index contributed by atoms with van der Waals surface area (Å²) in [5, 5.41) is 34.3. The van der Waals surface area contributed by atoms with Crippen molar-refractivity contribution in [1.29, 1.82) is 0 Å². The van der Waals surface area contributed by atoms with Crippen LogP contribution in [0.4, 0.5) is 0 Å². The third-order valence-electron chi connectivity index (χ3n) is 10.8. The third-order valence-corrected chi connectivity index (χ3v) is 10.8. The van der Waals surface area contributed by atoms with Crippen molar-refractivity contribution in [3.8, 4) is 33.8 Å². The van der Waals surface area contributed by atoms with E-state index in [9.17, 15) is 39.3 Å². The lowest BCUT2D eigenvalue weighted by Crippen LogP contribution is -2.45. The van der Waals surface area contributed by atoms with E-state index in [0.717, 1.165) is 30.4 Å². The second-order valence-corrected chi connectivity index (χ2v) is 15.1. The fourth-order valence-corrected chi connectivity index (χ4v) is 7.44. The highest BCUT2D eigenvalue weighted by Gasteiger charge is 2.36. The summed E-state index contributed by atoms with van der Waals surface area (Å²) in [5.41, 5.74) is 10.7. The molecule has 0 radical (unpaired) electrons. The summed E-state index contributed by atoms with van der Waals surface area (Å²) in [6.07, 6.45) is 4.26. The molecule has 0 spiro atoms. The summed E-state index contributed by atoms with van der Waals surface area (Å²) >= 11 is 0. The number of likely N-dealkylation sites (N-methyl/N-ethyl adjacent to an activating group) is 1. The third kappa shape index (κ3) is 10.5. The largest absolute Gasteiger partial charge is 0.507 e. The van der Waals surface area contributed by atoms with Gasteiger partial charge in [0.25, 0.3) is 0 Å². The molecule has 0 aromatic heterocycles. The first-order chi connectivity index (χ1) is 27.3. The maximum absolute atomic E-state index is 14.5. The summed E-state index contributed by atoms with van der Waals surface area (Å²) in [5.74, 6) is -5.30. The van der Waals surface area contributed by atoms with E-state index in [4.69, 9.17) is 5.73 Å². The molecule has 4 atom stereocenters. The van der Waals surface area contributed by atoms with Crippen LogP contribution < -0.4 is 11.1 Å². The molecule has 6 N–H and O–H groups in total. The number of phenols is 2. The van der Waals surface area contributed by atoms with Crippen molar-refractivity contribution < 1.29 is 39.3 Å². The average molecular weight is 776 g/mol. The summed E-state index contributed by atoms with van der Waals surface area (Å²) in [7, 11) is 1.48. The SMILES string of the molecule is CCCCc1ccc(-c2ccc(C(=O)C[C@@H](CCCCN)C(=O)N(C)[C@@H]3C(=O)C[C@@H](C)C(=O)N[C@H](C(=O)O)Cc4ccc(O)c(c4)-c4cc3ccc4O)cc2)cc1. The first-order valence-electron chi connectivity index (χ1n) is 19.7. The Hall–Kier alpha value is -5.81. The zero-order valence-electron chi connectivity index (χ0n) is 32.9. The number of aryl methyl sites for hydroxylation is 1. The number of benzene rings is 4. The van der Waals surface area contributed by atoms with Gasteiger partial charge in [-0.25, -0.2) is 4.79 Å². The number of ketones is 2. The van der Waals surface area contributed by atoms with Gasteiger partial charge < -0.3 is 31.3 Å². The smallest absolute Gasteiger partial charge is 0.326 e. The van der Waals surface area contributed by atoms with Crippen molar-refractivity contribution in [2.45, 2.75) is 83.7 Å². The molecule has 4 aromatic carbocycles. The van der Waals surface area contributed by atoms with Gasteiger partial charge >= 0.3 is 5.97 Å². The topological polar surface area (TPSA) is 187 Å².